The van der Waals surface area contributed by atoms with Gasteiger partial charge in [-0.3, -0.25) is 0 Å². The second-order valence-electron chi connectivity index (χ2n) is 10.3. The Morgan fingerprint density at radius 2 is 1.48 bits per heavy atom. The number of aromatic nitrogens is 1. The predicted octanol–water partition coefficient (Wildman–Crippen LogP) is 7.83. The van der Waals surface area contributed by atoms with Gasteiger partial charge < -0.3 is 14.2 Å². The summed E-state index contributed by atoms with van der Waals surface area (Å²) >= 11 is 3.62. The first-order chi connectivity index (χ1) is 14.4. The third-order valence-electron chi connectivity index (χ3n) is 5.92. The molecule has 0 saturated heterocycles. The SMILES string of the molecule is COc1cccc2c1c(-c1cc(C(C)(C)C)c(O)c(C(C)(C)C)c1)c1ccc(Br)cn12. The van der Waals surface area contributed by atoms with Crippen LogP contribution in [0.1, 0.15) is 52.7 Å². The highest BCUT2D eigenvalue weighted by Gasteiger charge is 2.28. The number of phenols is 1. The zero-order chi connectivity index (χ0) is 22.7. The molecule has 162 valence electrons. The van der Waals surface area contributed by atoms with Crippen LogP contribution in [0, 0.1) is 0 Å². The van der Waals surface area contributed by atoms with Crippen LogP contribution in [0.4, 0.5) is 0 Å². The van der Waals surface area contributed by atoms with Gasteiger partial charge in [0.25, 0.3) is 0 Å². The van der Waals surface area contributed by atoms with Crippen LogP contribution in [0.3, 0.4) is 0 Å². The molecule has 0 amide bonds. The molecule has 0 spiro atoms. The van der Waals surface area contributed by atoms with Gasteiger partial charge in [0.1, 0.15) is 11.5 Å². The van der Waals surface area contributed by atoms with E-state index in [1.807, 2.05) is 12.1 Å². The molecule has 3 nitrogen and oxygen atoms in total. The Morgan fingerprint density at radius 1 is 0.871 bits per heavy atom. The third kappa shape index (κ3) is 3.61. The molecule has 4 heteroatoms. The van der Waals surface area contributed by atoms with Gasteiger partial charge in [0.2, 0.25) is 0 Å². The molecule has 0 aliphatic carbocycles. The summed E-state index contributed by atoms with van der Waals surface area (Å²) in [6, 6.07) is 14.7. The highest BCUT2D eigenvalue weighted by molar-refractivity contribution is 9.10. The van der Waals surface area contributed by atoms with E-state index in [1.165, 1.54) is 0 Å². The average Bonchev–Trinajstić information content (AvgIpc) is 3.00. The number of pyridine rings is 1. The van der Waals surface area contributed by atoms with E-state index < -0.39 is 0 Å². The molecular formula is C27H30BrNO2. The van der Waals surface area contributed by atoms with Crippen LogP contribution in [0.2, 0.25) is 0 Å². The fourth-order valence-corrected chi connectivity index (χ4v) is 4.70. The molecular weight excluding hydrogens is 450 g/mol. The van der Waals surface area contributed by atoms with Gasteiger partial charge in [0, 0.05) is 27.4 Å². The fraction of sp³-hybridized carbons (Fsp3) is 0.333. The summed E-state index contributed by atoms with van der Waals surface area (Å²) in [5.41, 5.74) is 5.92. The molecule has 0 aliphatic rings. The smallest absolute Gasteiger partial charge is 0.128 e. The lowest BCUT2D eigenvalue weighted by Gasteiger charge is -2.28. The van der Waals surface area contributed by atoms with Crippen molar-refractivity contribution >= 4 is 32.3 Å². The Hall–Kier alpha value is -2.46. The summed E-state index contributed by atoms with van der Waals surface area (Å²) in [4.78, 5) is 0. The maximum Gasteiger partial charge on any atom is 0.128 e. The molecule has 2 heterocycles. The van der Waals surface area contributed by atoms with Crippen molar-refractivity contribution in [3.63, 3.8) is 0 Å². The monoisotopic (exact) mass is 479 g/mol. The number of aromatic hydroxyl groups is 1. The third-order valence-corrected chi connectivity index (χ3v) is 6.39. The average molecular weight is 480 g/mol. The maximum atomic E-state index is 11.2. The van der Waals surface area contributed by atoms with Crippen molar-refractivity contribution in [3.05, 3.63) is 64.3 Å². The van der Waals surface area contributed by atoms with E-state index >= 15 is 0 Å². The molecule has 0 atom stereocenters. The first-order valence-corrected chi connectivity index (χ1v) is 11.4. The highest BCUT2D eigenvalue weighted by atomic mass is 79.9. The Balaban J connectivity index is 2.21. The molecule has 0 unspecified atom stereocenters. The predicted molar refractivity (Wildman–Crippen MR) is 134 cm³/mol. The van der Waals surface area contributed by atoms with Crippen LogP contribution in [-0.2, 0) is 10.8 Å². The number of rotatable bonds is 2. The fourth-order valence-electron chi connectivity index (χ4n) is 4.36. The summed E-state index contributed by atoms with van der Waals surface area (Å²) in [5, 5.41) is 12.3. The zero-order valence-corrected chi connectivity index (χ0v) is 20.9. The minimum absolute atomic E-state index is 0.196. The van der Waals surface area contributed by atoms with Crippen LogP contribution < -0.4 is 4.74 Å². The number of benzene rings is 2. The van der Waals surface area contributed by atoms with Crippen LogP contribution in [-0.4, -0.2) is 16.6 Å². The first-order valence-electron chi connectivity index (χ1n) is 10.6. The van der Waals surface area contributed by atoms with Crippen molar-refractivity contribution in [2.24, 2.45) is 0 Å². The standard InChI is InChI=1S/C27H30BrNO2/c1-26(2,3)18-13-16(14-19(25(18)30)27(4,5)6)23-21-12-11-17(28)15-29(21)20-9-8-10-22(31-7)24(20)23/h8-15,30H,1-7H3. The van der Waals surface area contributed by atoms with Crippen molar-refractivity contribution in [3.8, 4) is 22.6 Å². The van der Waals surface area contributed by atoms with Crippen molar-refractivity contribution in [2.75, 3.05) is 7.11 Å². The van der Waals surface area contributed by atoms with Crippen LogP contribution in [0.15, 0.2) is 53.1 Å². The van der Waals surface area contributed by atoms with Crippen molar-refractivity contribution in [2.45, 2.75) is 52.4 Å². The van der Waals surface area contributed by atoms with Crippen LogP contribution in [0.5, 0.6) is 11.5 Å². The Bertz CT molecular complexity index is 1270. The molecule has 0 fully saturated rings. The number of nitrogens with zero attached hydrogens (tertiary/aromatic N) is 1. The van der Waals surface area contributed by atoms with E-state index in [1.54, 1.807) is 7.11 Å². The summed E-state index contributed by atoms with van der Waals surface area (Å²) in [6.45, 7) is 12.9. The van der Waals surface area contributed by atoms with Gasteiger partial charge >= 0.3 is 0 Å². The number of fused-ring (bicyclic) bond motifs is 3. The van der Waals surface area contributed by atoms with Crippen molar-refractivity contribution < 1.29 is 9.84 Å². The summed E-state index contributed by atoms with van der Waals surface area (Å²) in [6.07, 6.45) is 2.09. The number of phenolic OH excluding ortho intramolecular Hbond substituents is 1. The van der Waals surface area contributed by atoms with Crippen molar-refractivity contribution in [1.29, 1.82) is 0 Å². The molecule has 0 radical (unpaired) electrons. The van der Waals surface area contributed by atoms with Gasteiger partial charge in [-0.2, -0.15) is 0 Å². The Kier molecular flexibility index (Phi) is 5.13. The molecule has 4 aromatic rings. The van der Waals surface area contributed by atoms with Gasteiger partial charge in [-0.25, -0.2) is 0 Å². The van der Waals surface area contributed by atoms with E-state index in [0.29, 0.717) is 5.75 Å². The molecule has 0 aliphatic heterocycles. The number of methoxy groups -OCH3 is 1. The number of halogens is 1. The van der Waals surface area contributed by atoms with Gasteiger partial charge in [-0.05, 0) is 68.7 Å². The van der Waals surface area contributed by atoms with Crippen LogP contribution in [0.25, 0.3) is 27.5 Å². The second kappa shape index (κ2) is 7.30. The van der Waals surface area contributed by atoms with E-state index in [-0.39, 0.29) is 10.8 Å². The second-order valence-corrected chi connectivity index (χ2v) is 11.2. The Labute approximate surface area is 192 Å². The van der Waals surface area contributed by atoms with E-state index in [4.69, 9.17) is 4.74 Å². The number of ether oxygens (including phenoxy) is 1. The quantitative estimate of drug-likeness (QED) is 0.317. The largest absolute Gasteiger partial charge is 0.507 e. The summed E-state index contributed by atoms with van der Waals surface area (Å²) in [5.74, 6) is 1.24. The topological polar surface area (TPSA) is 33.9 Å². The van der Waals surface area contributed by atoms with Gasteiger partial charge in [0.15, 0.2) is 0 Å². The summed E-state index contributed by atoms with van der Waals surface area (Å²) in [7, 11) is 1.72. The van der Waals surface area contributed by atoms with Gasteiger partial charge in [-0.1, -0.05) is 47.6 Å². The highest BCUT2D eigenvalue weighted by Crippen LogP contribution is 2.46. The number of hydrogen-bond donors (Lipinski definition) is 1. The van der Waals surface area contributed by atoms with Gasteiger partial charge in [0.05, 0.1) is 23.5 Å². The number of hydrogen-bond acceptors (Lipinski definition) is 2. The first kappa shape index (κ1) is 21.8. The molecule has 2 aromatic carbocycles. The Morgan fingerprint density at radius 3 is 2.03 bits per heavy atom. The molecule has 0 saturated carbocycles. The maximum absolute atomic E-state index is 11.2. The molecule has 4 rings (SSSR count). The lowest BCUT2D eigenvalue weighted by atomic mass is 9.77. The van der Waals surface area contributed by atoms with E-state index in [9.17, 15) is 5.11 Å². The van der Waals surface area contributed by atoms with E-state index in [2.05, 4.69) is 98.4 Å². The van der Waals surface area contributed by atoms with Gasteiger partial charge in [-0.15, -0.1) is 0 Å². The lowest BCUT2D eigenvalue weighted by molar-refractivity contribution is 0.420. The minimum atomic E-state index is -0.196. The summed E-state index contributed by atoms with van der Waals surface area (Å²) < 4.78 is 9.02. The lowest BCUT2D eigenvalue weighted by Crippen LogP contribution is -2.17. The van der Waals surface area contributed by atoms with Crippen LogP contribution >= 0.6 is 15.9 Å². The molecule has 0 bridgehead atoms. The minimum Gasteiger partial charge on any atom is -0.507 e. The normalized spacial score (nSPS) is 12.6. The molecule has 31 heavy (non-hydrogen) atoms. The zero-order valence-electron chi connectivity index (χ0n) is 19.3. The van der Waals surface area contributed by atoms with E-state index in [0.717, 1.165) is 48.9 Å². The van der Waals surface area contributed by atoms with Crippen molar-refractivity contribution in [1.82, 2.24) is 4.40 Å². The molecule has 2 aromatic heterocycles. The molecule has 1 N–H and O–H groups in total.